The molecule has 1 aromatic carbocycles. The van der Waals surface area contributed by atoms with E-state index in [-0.39, 0.29) is 30.0 Å². The van der Waals surface area contributed by atoms with Crippen molar-refractivity contribution in [3.63, 3.8) is 0 Å². The molecule has 2 atom stereocenters. The smallest absolute Gasteiger partial charge is 0.275 e. The molecule has 7 heteroatoms. The second-order valence-electron chi connectivity index (χ2n) is 6.79. The van der Waals surface area contributed by atoms with Crippen LogP contribution in [-0.4, -0.2) is 37.9 Å². The van der Waals surface area contributed by atoms with Crippen molar-refractivity contribution >= 4 is 15.7 Å². The summed E-state index contributed by atoms with van der Waals surface area (Å²) in [5, 5.41) is 4.78. The zero-order chi connectivity index (χ0) is 17.9. The van der Waals surface area contributed by atoms with Crippen LogP contribution in [0.25, 0.3) is 0 Å². The summed E-state index contributed by atoms with van der Waals surface area (Å²) in [7, 11) is -3.05. The van der Waals surface area contributed by atoms with E-state index in [0.29, 0.717) is 6.42 Å². The minimum Gasteiger partial charge on any atom is -0.463 e. The number of sulfone groups is 1. The van der Waals surface area contributed by atoms with Gasteiger partial charge in [0, 0.05) is 5.56 Å². The minimum absolute atomic E-state index is 0.00599. The van der Waals surface area contributed by atoms with E-state index in [9.17, 15) is 13.2 Å². The van der Waals surface area contributed by atoms with Gasteiger partial charge in [-0.2, -0.15) is 0 Å². The lowest BCUT2D eigenvalue weighted by molar-refractivity contribution is -0.678. The number of rotatable bonds is 6. The average molecular weight is 363 g/mol. The van der Waals surface area contributed by atoms with E-state index in [1.165, 1.54) is 0 Å². The molecule has 1 amide bonds. The quantitative estimate of drug-likeness (QED) is 0.787. The predicted octanol–water partition coefficient (Wildman–Crippen LogP) is 0.626. The number of quaternary nitrogens is 1. The van der Waals surface area contributed by atoms with Gasteiger partial charge in [0.25, 0.3) is 5.91 Å². The molecule has 0 aliphatic carbocycles. The number of hydrogen-bond donors (Lipinski definition) is 2. The lowest BCUT2D eigenvalue weighted by atomic mass is 10.0. The van der Waals surface area contributed by atoms with Gasteiger partial charge in [-0.25, -0.2) is 8.42 Å². The standard InChI is InChI=1S/C18H22N2O4S/c1-18(9-11-25(22,23)13-18)20-16(21)12-19-17(15-8-5-10-24-15)14-6-3-2-4-7-14/h2-8,10,17,19H,9,11-13H2,1H3,(H,20,21)/p+1/t17-,18+/m1/s1. The Labute approximate surface area is 147 Å². The van der Waals surface area contributed by atoms with E-state index in [2.05, 4.69) is 5.32 Å². The largest absolute Gasteiger partial charge is 0.463 e. The first kappa shape index (κ1) is 17.7. The Kier molecular flexibility index (Phi) is 4.96. The van der Waals surface area contributed by atoms with Crippen LogP contribution in [0.1, 0.15) is 30.7 Å². The third-order valence-corrected chi connectivity index (χ3v) is 6.39. The van der Waals surface area contributed by atoms with E-state index >= 15 is 0 Å². The van der Waals surface area contributed by atoms with Gasteiger partial charge in [0.2, 0.25) is 0 Å². The van der Waals surface area contributed by atoms with Gasteiger partial charge in [-0.3, -0.25) is 4.79 Å². The van der Waals surface area contributed by atoms with Crippen molar-refractivity contribution in [1.82, 2.24) is 5.32 Å². The zero-order valence-corrected chi connectivity index (χ0v) is 15.0. The van der Waals surface area contributed by atoms with Crippen molar-refractivity contribution in [2.75, 3.05) is 18.1 Å². The summed E-state index contributed by atoms with van der Waals surface area (Å²) in [6.07, 6.45) is 2.07. The van der Waals surface area contributed by atoms with E-state index in [1.807, 2.05) is 47.8 Å². The molecule has 1 fully saturated rings. The van der Waals surface area contributed by atoms with E-state index in [0.717, 1.165) is 11.3 Å². The molecule has 134 valence electrons. The lowest BCUT2D eigenvalue weighted by Crippen LogP contribution is -2.88. The number of carbonyl (C=O) groups excluding carboxylic acids is 1. The van der Waals surface area contributed by atoms with E-state index in [4.69, 9.17) is 4.42 Å². The van der Waals surface area contributed by atoms with Crippen molar-refractivity contribution in [3.8, 4) is 0 Å². The van der Waals surface area contributed by atoms with Crippen molar-refractivity contribution in [1.29, 1.82) is 0 Å². The molecule has 2 heterocycles. The normalized spacial score (nSPS) is 23.2. The van der Waals surface area contributed by atoms with Crippen molar-refractivity contribution in [2.45, 2.75) is 24.9 Å². The number of nitrogens with one attached hydrogen (secondary N) is 1. The Morgan fingerprint density at radius 2 is 2.04 bits per heavy atom. The number of carbonyl (C=O) groups is 1. The molecule has 1 saturated heterocycles. The van der Waals surface area contributed by atoms with Gasteiger partial charge in [-0.05, 0) is 25.5 Å². The van der Waals surface area contributed by atoms with Gasteiger partial charge in [0.15, 0.2) is 28.2 Å². The summed E-state index contributed by atoms with van der Waals surface area (Å²) in [6, 6.07) is 13.4. The number of furan rings is 1. The number of benzene rings is 1. The summed E-state index contributed by atoms with van der Waals surface area (Å²) in [4.78, 5) is 12.4. The Morgan fingerprint density at radius 1 is 1.28 bits per heavy atom. The molecular weight excluding hydrogens is 340 g/mol. The Bertz CT molecular complexity index is 818. The second-order valence-corrected chi connectivity index (χ2v) is 8.98. The van der Waals surface area contributed by atoms with E-state index < -0.39 is 15.4 Å². The highest BCUT2D eigenvalue weighted by Crippen LogP contribution is 2.22. The Morgan fingerprint density at radius 3 is 2.64 bits per heavy atom. The first-order valence-electron chi connectivity index (χ1n) is 8.30. The van der Waals surface area contributed by atoms with Gasteiger partial charge in [-0.15, -0.1) is 0 Å². The third-order valence-electron chi connectivity index (χ3n) is 4.49. The molecule has 6 nitrogen and oxygen atoms in total. The van der Waals surface area contributed by atoms with Crippen LogP contribution in [-0.2, 0) is 14.6 Å². The van der Waals surface area contributed by atoms with Crippen LogP contribution in [0.4, 0.5) is 0 Å². The monoisotopic (exact) mass is 363 g/mol. The van der Waals surface area contributed by atoms with Crippen LogP contribution < -0.4 is 10.6 Å². The molecular formula is C18H23N2O4S+. The summed E-state index contributed by atoms with van der Waals surface area (Å²) in [5.74, 6) is 0.735. The molecule has 1 aliphatic rings. The van der Waals surface area contributed by atoms with Crippen molar-refractivity contribution < 1.29 is 22.9 Å². The SMILES string of the molecule is C[C@]1(NC(=O)C[NH2+][C@H](c2ccccc2)c2ccco2)CCS(=O)(=O)C1. The maximum absolute atomic E-state index is 12.4. The average Bonchev–Trinajstić information content (AvgIpc) is 3.17. The predicted molar refractivity (Wildman–Crippen MR) is 93.6 cm³/mol. The van der Waals surface area contributed by atoms with Gasteiger partial charge in [-0.1, -0.05) is 30.3 Å². The van der Waals surface area contributed by atoms with Crippen LogP contribution in [0.2, 0.25) is 0 Å². The second kappa shape index (κ2) is 7.01. The number of nitrogens with two attached hydrogens (primary N) is 1. The van der Waals surface area contributed by atoms with Gasteiger partial charge in [0.1, 0.15) is 0 Å². The Hall–Kier alpha value is -2.12. The third kappa shape index (κ3) is 4.49. The molecule has 25 heavy (non-hydrogen) atoms. The maximum atomic E-state index is 12.4. The Balaban J connectivity index is 1.65. The van der Waals surface area contributed by atoms with Crippen LogP contribution >= 0.6 is 0 Å². The molecule has 2 aromatic rings. The fourth-order valence-corrected chi connectivity index (χ4v) is 5.36. The highest BCUT2D eigenvalue weighted by Gasteiger charge is 2.39. The van der Waals surface area contributed by atoms with Crippen LogP contribution in [0, 0.1) is 0 Å². The van der Waals surface area contributed by atoms with Gasteiger partial charge < -0.3 is 15.1 Å². The number of hydrogen-bond acceptors (Lipinski definition) is 4. The van der Waals surface area contributed by atoms with Gasteiger partial charge >= 0.3 is 0 Å². The van der Waals surface area contributed by atoms with Crippen LogP contribution in [0.3, 0.4) is 0 Å². The first-order valence-corrected chi connectivity index (χ1v) is 10.1. The van der Waals surface area contributed by atoms with E-state index in [1.54, 1.807) is 13.2 Å². The fraction of sp³-hybridized carbons (Fsp3) is 0.389. The van der Waals surface area contributed by atoms with Crippen molar-refractivity contribution in [2.24, 2.45) is 0 Å². The summed E-state index contributed by atoms with van der Waals surface area (Å²) >= 11 is 0. The van der Waals surface area contributed by atoms with Crippen LogP contribution in [0.15, 0.2) is 53.1 Å². The lowest BCUT2D eigenvalue weighted by Gasteiger charge is -2.24. The number of amides is 1. The van der Waals surface area contributed by atoms with Crippen LogP contribution in [0.5, 0.6) is 0 Å². The highest BCUT2D eigenvalue weighted by atomic mass is 32.2. The fourth-order valence-electron chi connectivity index (χ4n) is 3.27. The molecule has 0 radical (unpaired) electrons. The van der Waals surface area contributed by atoms with Crippen molar-refractivity contribution in [3.05, 3.63) is 60.1 Å². The molecule has 3 rings (SSSR count). The molecule has 3 N–H and O–H groups in total. The summed E-state index contributed by atoms with van der Waals surface area (Å²) < 4.78 is 28.8. The molecule has 1 aromatic heterocycles. The zero-order valence-electron chi connectivity index (χ0n) is 14.1. The molecule has 0 saturated carbocycles. The minimum atomic E-state index is -3.05. The molecule has 0 spiro atoms. The summed E-state index contributed by atoms with van der Waals surface area (Å²) in [5.41, 5.74) is 0.372. The molecule has 0 unspecified atom stereocenters. The topological polar surface area (TPSA) is 93.0 Å². The highest BCUT2D eigenvalue weighted by molar-refractivity contribution is 7.91. The molecule has 1 aliphatic heterocycles. The summed E-state index contributed by atoms with van der Waals surface area (Å²) in [6.45, 7) is 1.98. The van der Waals surface area contributed by atoms with Gasteiger partial charge in [0.05, 0.1) is 23.3 Å². The maximum Gasteiger partial charge on any atom is 0.275 e. The first-order chi connectivity index (χ1) is 11.9. The molecule has 0 bridgehead atoms.